The van der Waals surface area contributed by atoms with E-state index < -0.39 is 10.1 Å². The van der Waals surface area contributed by atoms with Gasteiger partial charge in [0.2, 0.25) is 0 Å². The third-order valence-corrected chi connectivity index (χ3v) is 2.92. The van der Waals surface area contributed by atoms with Gasteiger partial charge in [-0.2, -0.15) is 5.10 Å². The molecule has 0 aliphatic rings. The van der Waals surface area contributed by atoms with E-state index in [2.05, 4.69) is 15.2 Å². The third kappa shape index (κ3) is 6.80. The maximum Gasteiger partial charge on any atom is 1.00 e. The fourth-order valence-corrected chi connectivity index (χ4v) is 2.07. The van der Waals surface area contributed by atoms with Crippen LogP contribution in [0.25, 0.3) is 0 Å². The van der Waals surface area contributed by atoms with Gasteiger partial charge in [-0.25, -0.2) is 13.4 Å². The molecule has 1 N–H and O–H groups in total. The topological polar surface area (TPSA) is 98.8 Å². The van der Waals surface area contributed by atoms with Crippen molar-refractivity contribution in [1.29, 1.82) is 0 Å². The predicted molar refractivity (Wildman–Crippen MR) is 46.3 cm³/mol. The molecule has 0 amide bonds. The first-order valence-corrected chi connectivity index (χ1v) is 6.06. The van der Waals surface area contributed by atoms with Crippen molar-refractivity contribution in [3.8, 4) is 0 Å². The van der Waals surface area contributed by atoms with Gasteiger partial charge in [0, 0.05) is 11.5 Å². The summed E-state index contributed by atoms with van der Waals surface area (Å²) in [6.07, 6.45) is 1.70. The first kappa shape index (κ1) is 14.4. The minimum absolute atomic E-state index is 0. The normalized spacial score (nSPS) is 10.9. The Kier molecular flexibility index (Phi) is 7.00. The molecule has 9 heteroatoms. The van der Waals surface area contributed by atoms with Gasteiger partial charge < -0.3 is 4.55 Å². The van der Waals surface area contributed by atoms with E-state index >= 15 is 0 Å². The van der Waals surface area contributed by atoms with Gasteiger partial charge >= 0.3 is 29.6 Å². The van der Waals surface area contributed by atoms with E-state index in [0.717, 1.165) is 0 Å². The summed E-state index contributed by atoms with van der Waals surface area (Å²) in [5.41, 5.74) is 0. The van der Waals surface area contributed by atoms with Gasteiger partial charge in [-0.1, -0.05) is 11.8 Å². The molecule has 0 aliphatic heterocycles. The number of nitrogens with one attached hydrogen (secondary N) is 1. The molecule has 1 heterocycles. The SMILES string of the molecule is O=S(=O)([O-])CCCSc1ncn[nH]1.[Na+]. The van der Waals surface area contributed by atoms with Gasteiger partial charge in [0.25, 0.3) is 0 Å². The Morgan fingerprint density at radius 3 is 2.79 bits per heavy atom. The molecule has 0 spiro atoms. The molecule has 0 radical (unpaired) electrons. The smallest absolute Gasteiger partial charge is 0.748 e. The maximum atomic E-state index is 10.2. The van der Waals surface area contributed by atoms with E-state index in [1.807, 2.05) is 0 Å². The van der Waals surface area contributed by atoms with E-state index in [-0.39, 0.29) is 35.3 Å². The summed E-state index contributed by atoms with van der Waals surface area (Å²) in [6.45, 7) is 0. The van der Waals surface area contributed by atoms with Gasteiger partial charge in [-0.3, -0.25) is 5.10 Å². The van der Waals surface area contributed by atoms with Crippen LogP contribution in [-0.4, -0.2) is 39.7 Å². The third-order valence-electron chi connectivity index (χ3n) is 1.17. The maximum absolute atomic E-state index is 10.2. The van der Waals surface area contributed by atoms with Crippen molar-refractivity contribution in [2.75, 3.05) is 11.5 Å². The summed E-state index contributed by atoms with van der Waals surface area (Å²) in [7, 11) is -4.07. The number of nitrogens with zero attached hydrogens (tertiary/aromatic N) is 2. The monoisotopic (exact) mass is 245 g/mol. The van der Waals surface area contributed by atoms with Gasteiger partial charge in [0.1, 0.15) is 6.33 Å². The molecule has 14 heavy (non-hydrogen) atoms. The Bertz CT molecular complexity index is 339. The summed E-state index contributed by atoms with van der Waals surface area (Å²) in [4.78, 5) is 3.82. The van der Waals surface area contributed by atoms with Crippen LogP contribution in [-0.2, 0) is 10.1 Å². The average Bonchev–Trinajstić information content (AvgIpc) is 2.48. The Balaban J connectivity index is 0.00000169. The van der Waals surface area contributed by atoms with Crippen molar-refractivity contribution < 1.29 is 42.5 Å². The van der Waals surface area contributed by atoms with Gasteiger partial charge in [-0.05, 0) is 6.42 Å². The van der Waals surface area contributed by atoms with Crippen molar-refractivity contribution in [2.24, 2.45) is 0 Å². The number of hydrogen-bond acceptors (Lipinski definition) is 6. The second-order valence-corrected chi connectivity index (χ2v) is 4.86. The van der Waals surface area contributed by atoms with Crippen LogP contribution in [0.2, 0.25) is 0 Å². The summed E-state index contributed by atoms with van der Waals surface area (Å²) in [5, 5.41) is 6.85. The molecule has 0 bridgehead atoms. The van der Waals surface area contributed by atoms with Crippen LogP contribution in [0.4, 0.5) is 0 Å². The van der Waals surface area contributed by atoms with Crippen molar-refractivity contribution in [1.82, 2.24) is 15.2 Å². The van der Waals surface area contributed by atoms with E-state index in [4.69, 9.17) is 0 Å². The van der Waals surface area contributed by atoms with Crippen molar-refractivity contribution >= 4 is 21.9 Å². The molecule has 0 aliphatic carbocycles. The van der Waals surface area contributed by atoms with Crippen molar-refractivity contribution in [3.63, 3.8) is 0 Å². The molecule has 1 rings (SSSR count). The number of hydrogen-bond donors (Lipinski definition) is 1. The number of aromatic amines is 1. The molecule has 0 atom stereocenters. The molecule has 0 saturated heterocycles. The fourth-order valence-electron chi connectivity index (χ4n) is 0.668. The summed E-state index contributed by atoms with van der Waals surface area (Å²) in [6, 6.07) is 0. The van der Waals surface area contributed by atoms with Crippen LogP contribution in [0.3, 0.4) is 0 Å². The minimum Gasteiger partial charge on any atom is -0.748 e. The zero-order valence-electron chi connectivity index (χ0n) is 7.63. The predicted octanol–water partition coefficient (Wildman–Crippen LogP) is -3.16. The second kappa shape index (κ2) is 6.81. The van der Waals surface area contributed by atoms with Crippen LogP contribution in [0, 0.1) is 0 Å². The molecule has 0 fully saturated rings. The van der Waals surface area contributed by atoms with E-state index in [0.29, 0.717) is 17.3 Å². The van der Waals surface area contributed by atoms with E-state index in [1.165, 1.54) is 18.1 Å². The summed E-state index contributed by atoms with van der Waals surface area (Å²) >= 11 is 1.34. The van der Waals surface area contributed by atoms with Crippen LogP contribution in [0.1, 0.15) is 6.42 Å². The quantitative estimate of drug-likeness (QED) is 0.254. The van der Waals surface area contributed by atoms with Crippen molar-refractivity contribution in [2.45, 2.75) is 11.6 Å². The van der Waals surface area contributed by atoms with Gasteiger partial charge in [-0.15, -0.1) is 0 Å². The first-order valence-electron chi connectivity index (χ1n) is 3.50. The molecule has 1 aromatic heterocycles. The minimum atomic E-state index is -4.07. The number of thioether (sulfide) groups is 1. The molecule has 0 aromatic carbocycles. The van der Waals surface area contributed by atoms with Crippen molar-refractivity contribution in [3.05, 3.63) is 6.33 Å². The Hall–Kier alpha value is 0.400. The zero-order chi connectivity index (χ0) is 9.73. The first-order chi connectivity index (χ1) is 6.08. The summed E-state index contributed by atoms with van der Waals surface area (Å²) < 4.78 is 30.6. The Labute approximate surface area is 108 Å². The second-order valence-electron chi connectivity index (χ2n) is 2.25. The zero-order valence-corrected chi connectivity index (χ0v) is 11.3. The molecule has 0 unspecified atom stereocenters. The Morgan fingerprint density at radius 2 is 2.29 bits per heavy atom. The van der Waals surface area contributed by atoms with E-state index in [1.54, 1.807) is 0 Å². The van der Waals surface area contributed by atoms with Crippen LogP contribution in [0.5, 0.6) is 0 Å². The molecular formula is C5H8N3NaO3S2. The molecular weight excluding hydrogens is 237 g/mol. The van der Waals surface area contributed by atoms with Crippen LogP contribution >= 0.6 is 11.8 Å². The standard InChI is InChI=1S/C5H9N3O3S2.Na/c9-13(10,11)3-1-2-12-5-6-4-7-8-5;/h4H,1-3H2,(H,6,7,8)(H,9,10,11);/q;+1/p-1. The van der Waals surface area contributed by atoms with Gasteiger partial charge in [0.05, 0.1) is 10.1 Å². The van der Waals surface area contributed by atoms with Crippen LogP contribution in [0.15, 0.2) is 11.5 Å². The summed E-state index contributed by atoms with van der Waals surface area (Å²) in [5.74, 6) is 0.213. The Morgan fingerprint density at radius 1 is 1.57 bits per heavy atom. The van der Waals surface area contributed by atoms with Gasteiger partial charge in [0.15, 0.2) is 5.16 Å². The average molecular weight is 245 g/mol. The van der Waals surface area contributed by atoms with E-state index in [9.17, 15) is 13.0 Å². The molecule has 1 aromatic rings. The fraction of sp³-hybridized carbons (Fsp3) is 0.600. The molecule has 0 saturated carbocycles. The number of H-pyrrole nitrogens is 1. The number of aromatic nitrogens is 3. The number of rotatable bonds is 5. The molecule has 74 valence electrons. The van der Waals surface area contributed by atoms with Crippen LogP contribution < -0.4 is 29.6 Å². The molecule has 6 nitrogen and oxygen atoms in total. The largest absolute Gasteiger partial charge is 1.00 e.